The molecule has 1 radical (unpaired) electrons. The molecule has 2 rings (SSSR count). The highest BCUT2D eigenvalue weighted by Crippen LogP contribution is 2.26. The lowest BCUT2D eigenvalue weighted by molar-refractivity contribution is 0.416. The molecule has 71 valence electrons. The summed E-state index contributed by atoms with van der Waals surface area (Å²) in [5.74, 6) is 0.882. The summed E-state index contributed by atoms with van der Waals surface area (Å²) < 4.78 is 5.26. The Morgan fingerprint density at radius 3 is 2.50 bits per heavy atom. The van der Waals surface area contributed by atoms with E-state index in [1.807, 2.05) is 19.1 Å². The molecule has 1 nitrogen and oxygen atoms in total. The number of ether oxygens (including phenoxy) is 1. The van der Waals surface area contributed by atoms with Crippen LogP contribution in [0.1, 0.15) is 6.92 Å². The Bertz CT molecular complexity index is 375. The zero-order chi connectivity index (χ0) is 9.80. The molecule has 0 spiro atoms. The number of rotatable bonds is 3. The Hall–Kier alpha value is -1.28. The van der Waals surface area contributed by atoms with Gasteiger partial charge in [-0.2, -0.15) is 0 Å². The van der Waals surface area contributed by atoms with E-state index in [1.54, 1.807) is 17.9 Å². The van der Waals surface area contributed by atoms with Gasteiger partial charge in [0.1, 0.15) is 12.4 Å². The van der Waals surface area contributed by atoms with Crippen molar-refractivity contribution >= 4 is 11.3 Å². The molecule has 14 heavy (non-hydrogen) atoms. The van der Waals surface area contributed by atoms with Gasteiger partial charge in [0.2, 0.25) is 0 Å². The lowest BCUT2D eigenvalue weighted by Crippen LogP contribution is -1.84. The van der Waals surface area contributed by atoms with E-state index in [4.69, 9.17) is 4.74 Å². The summed E-state index contributed by atoms with van der Waals surface area (Å²) >= 11 is 1.75. The Labute approximate surface area is 88.0 Å². The second-order valence-electron chi connectivity index (χ2n) is 2.86. The third kappa shape index (κ3) is 1.96. The van der Waals surface area contributed by atoms with E-state index in [1.165, 1.54) is 10.4 Å². The molecule has 0 atom stereocenters. The molecule has 0 aliphatic rings. The van der Waals surface area contributed by atoms with Gasteiger partial charge in [0.25, 0.3) is 0 Å². The predicted octanol–water partition coefficient (Wildman–Crippen LogP) is 3.98. The molecule has 0 fully saturated rings. The Morgan fingerprint density at radius 2 is 1.93 bits per heavy atom. The molecule has 0 aliphatic heterocycles. The summed E-state index contributed by atoms with van der Waals surface area (Å²) in [6.45, 7) is 3.55. The van der Waals surface area contributed by atoms with Crippen molar-refractivity contribution < 1.29 is 4.74 Å². The van der Waals surface area contributed by atoms with Crippen LogP contribution in [0.3, 0.4) is 0 Å². The van der Waals surface area contributed by atoms with Crippen LogP contribution in [0, 0.1) is 6.61 Å². The molecule has 1 aromatic carbocycles. The normalized spacial score (nSPS) is 10.1. The van der Waals surface area contributed by atoms with Crippen LogP contribution in [0.5, 0.6) is 5.75 Å². The van der Waals surface area contributed by atoms with Gasteiger partial charge in [-0.25, -0.2) is 0 Å². The average Bonchev–Trinajstić information content (AvgIpc) is 2.72. The third-order valence-corrected chi connectivity index (χ3v) is 2.83. The van der Waals surface area contributed by atoms with Gasteiger partial charge in [-0.15, -0.1) is 11.3 Å². The Morgan fingerprint density at radius 1 is 1.14 bits per heavy atom. The van der Waals surface area contributed by atoms with Gasteiger partial charge in [0.05, 0.1) is 0 Å². The van der Waals surface area contributed by atoms with Crippen LogP contribution in [0.4, 0.5) is 0 Å². The van der Waals surface area contributed by atoms with Gasteiger partial charge in [-0.3, -0.25) is 0 Å². The van der Waals surface area contributed by atoms with E-state index < -0.39 is 0 Å². The maximum atomic E-state index is 5.26. The maximum absolute atomic E-state index is 5.26. The van der Waals surface area contributed by atoms with Gasteiger partial charge >= 0.3 is 0 Å². The van der Waals surface area contributed by atoms with Crippen molar-refractivity contribution in [3.05, 3.63) is 48.4 Å². The van der Waals surface area contributed by atoms with Gasteiger partial charge < -0.3 is 4.74 Å². The fourth-order valence-corrected chi connectivity index (χ4v) is 2.01. The van der Waals surface area contributed by atoms with E-state index in [0.29, 0.717) is 0 Å². The van der Waals surface area contributed by atoms with E-state index in [9.17, 15) is 0 Å². The fraction of sp³-hybridized carbons (Fsp3) is 0.0833. The van der Waals surface area contributed by atoms with E-state index in [2.05, 4.69) is 29.6 Å². The second-order valence-corrected chi connectivity index (χ2v) is 3.80. The first-order chi connectivity index (χ1) is 6.90. The molecule has 0 saturated carbocycles. The number of hydrogen-bond acceptors (Lipinski definition) is 2. The molecule has 2 heteroatoms. The zero-order valence-corrected chi connectivity index (χ0v) is 8.75. The Balaban J connectivity index is 2.22. The van der Waals surface area contributed by atoms with Crippen LogP contribution in [0.15, 0.2) is 41.8 Å². The van der Waals surface area contributed by atoms with Gasteiger partial charge in [-0.1, -0.05) is 6.07 Å². The molecular formula is C12H11OS. The molecule has 2 aromatic rings. The SMILES string of the molecule is C[CH]Oc1ccc(-c2cccs2)cc1. The van der Waals surface area contributed by atoms with Crippen molar-refractivity contribution in [2.24, 2.45) is 0 Å². The first-order valence-corrected chi connectivity index (χ1v) is 5.36. The quantitative estimate of drug-likeness (QED) is 0.733. The smallest absolute Gasteiger partial charge is 0.132 e. The van der Waals surface area contributed by atoms with Crippen molar-refractivity contribution in [1.82, 2.24) is 0 Å². The van der Waals surface area contributed by atoms with Crippen molar-refractivity contribution in [1.29, 1.82) is 0 Å². The minimum absolute atomic E-state index is 0.882. The van der Waals surface area contributed by atoms with Crippen LogP contribution in [0.2, 0.25) is 0 Å². The standard InChI is InChI=1S/C12H11OS/c1-2-13-11-7-5-10(6-8-11)12-4-3-9-14-12/h2-9H,1H3. The molecule has 1 heterocycles. The molecule has 0 unspecified atom stereocenters. The lowest BCUT2D eigenvalue weighted by Gasteiger charge is -2.02. The number of thiophene rings is 1. The van der Waals surface area contributed by atoms with E-state index in [0.717, 1.165) is 5.75 Å². The first kappa shape index (κ1) is 9.28. The third-order valence-electron chi connectivity index (χ3n) is 1.91. The van der Waals surface area contributed by atoms with Crippen molar-refractivity contribution in [2.45, 2.75) is 6.92 Å². The Kier molecular flexibility index (Phi) is 2.84. The van der Waals surface area contributed by atoms with E-state index in [-0.39, 0.29) is 0 Å². The zero-order valence-electron chi connectivity index (χ0n) is 7.94. The summed E-state index contributed by atoms with van der Waals surface area (Å²) in [4.78, 5) is 1.29. The molecule has 0 saturated heterocycles. The predicted molar refractivity (Wildman–Crippen MR) is 60.4 cm³/mol. The summed E-state index contributed by atoms with van der Waals surface area (Å²) in [5, 5.41) is 2.08. The largest absolute Gasteiger partial charge is 0.487 e. The van der Waals surface area contributed by atoms with Crippen LogP contribution in [0.25, 0.3) is 10.4 Å². The van der Waals surface area contributed by atoms with Crippen molar-refractivity contribution in [3.63, 3.8) is 0 Å². The van der Waals surface area contributed by atoms with Crippen LogP contribution in [-0.4, -0.2) is 0 Å². The number of hydrogen-bond donors (Lipinski definition) is 0. The van der Waals surface area contributed by atoms with Gasteiger partial charge in [-0.05, 0) is 48.2 Å². The molecular weight excluding hydrogens is 192 g/mol. The molecule has 0 aliphatic carbocycles. The lowest BCUT2D eigenvalue weighted by atomic mass is 10.2. The van der Waals surface area contributed by atoms with Crippen molar-refractivity contribution in [2.75, 3.05) is 0 Å². The molecule has 0 bridgehead atoms. The molecule has 0 N–H and O–H groups in total. The highest BCUT2D eigenvalue weighted by atomic mass is 32.1. The van der Waals surface area contributed by atoms with Crippen LogP contribution < -0.4 is 4.74 Å². The van der Waals surface area contributed by atoms with E-state index >= 15 is 0 Å². The van der Waals surface area contributed by atoms with Crippen LogP contribution in [-0.2, 0) is 0 Å². The summed E-state index contributed by atoms with van der Waals surface area (Å²) in [6, 6.07) is 12.3. The first-order valence-electron chi connectivity index (χ1n) is 4.48. The number of benzene rings is 1. The highest BCUT2D eigenvalue weighted by molar-refractivity contribution is 7.13. The monoisotopic (exact) mass is 203 g/mol. The van der Waals surface area contributed by atoms with Gasteiger partial charge in [0, 0.05) is 4.88 Å². The average molecular weight is 203 g/mol. The molecule has 0 amide bonds. The second kappa shape index (κ2) is 4.29. The van der Waals surface area contributed by atoms with Crippen LogP contribution >= 0.6 is 11.3 Å². The van der Waals surface area contributed by atoms with Crippen molar-refractivity contribution in [3.8, 4) is 16.2 Å². The highest BCUT2D eigenvalue weighted by Gasteiger charge is 1.98. The molecule has 1 aromatic heterocycles. The topological polar surface area (TPSA) is 9.23 Å². The summed E-state index contributed by atoms with van der Waals surface area (Å²) in [5.41, 5.74) is 1.24. The minimum Gasteiger partial charge on any atom is -0.487 e. The fourth-order valence-electron chi connectivity index (χ4n) is 1.28. The summed E-state index contributed by atoms with van der Waals surface area (Å²) in [7, 11) is 0. The van der Waals surface area contributed by atoms with Gasteiger partial charge in [0.15, 0.2) is 0 Å². The minimum atomic E-state index is 0.882. The maximum Gasteiger partial charge on any atom is 0.132 e. The summed E-state index contributed by atoms with van der Waals surface area (Å²) in [6.07, 6.45) is 0.